The van der Waals surface area contributed by atoms with E-state index in [1.54, 1.807) is 6.07 Å². The fourth-order valence-electron chi connectivity index (χ4n) is 2.27. The molecule has 1 aliphatic carbocycles. The quantitative estimate of drug-likeness (QED) is 0.895. The van der Waals surface area contributed by atoms with E-state index in [4.69, 9.17) is 0 Å². The van der Waals surface area contributed by atoms with Gasteiger partial charge in [-0.2, -0.15) is 11.8 Å². The molecule has 2 rings (SSSR count). The summed E-state index contributed by atoms with van der Waals surface area (Å²) in [5, 5.41) is 0.565. The van der Waals surface area contributed by atoms with E-state index < -0.39 is 0 Å². The highest BCUT2D eigenvalue weighted by Crippen LogP contribution is 2.32. The molecule has 1 saturated carbocycles. The first-order valence-corrected chi connectivity index (χ1v) is 7.42. The number of aromatic amines is 1. The van der Waals surface area contributed by atoms with Crippen molar-refractivity contribution in [1.29, 1.82) is 0 Å². The van der Waals surface area contributed by atoms with Gasteiger partial charge < -0.3 is 4.98 Å². The van der Waals surface area contributed by atoms with Crippen molar-refractivity contribution in [2.45, 2.75) is 56.5 Å². The number of hydrogen-bond donors (Lipinski definition) is 1. The van der Waals surface area contributed by atoms with Gasteiger partial charge in [0.1, 0.15) is 5.82 Å². The van der Waals surface area contributed by atoms with Gasteiger partial charge in [-0.25, -0.2) is 4.98 Å². The number of hydrogen-bond acceptors (Lipinski definition) is 3. The molecule has 94 valence electrons. The Balaban J connectivity index is 2.14. The van der Waals surface area contributed by atoms with Gasteiger partial charge >= 0.3 is 0 Å². The maximum atomic E-state index is 11.6. The van der Waals surface area contributed by atoms with E-state index in [-0.39, 0.29) is 5.56 Å². The van der Waals surface area contributed by atoms with Gasteiger partial charge in [-0.3, -0.25) is 4.79 Å². The highest BCUT2D eigenvalue weighted by atomic mass is 32.2. The summed E-state index contributed by atoms with van der Waals surface area (Å²) in [5.41, 5.74) is 1.01. The molecule has 0 bridgehead atoms. The fourth-order valence-corrected chi connectivity index (χ4v) is 2.90. The number of rotatable bonds is 4. The Hall–Kier alpha value is -0.770. The van der Waals surface area contributed by atoms with E-state index in [1.807, 2.05) is 11.8 Å². The second-order valence-electron chi connectivity index (χ2n) is 4.96. The van der Waals surface area contributed by atoms with Crippen LogP contribution in [0, 0.1) is 0 Å². The lowest BCUT2D eigenvalue weighted by Crippen LogP contribution is -2.14. The minimum Gasteiger partial charge on any atom is -0.310 e. The number of nitrogens with one attached hydrogen (secondary N) is 1. The summed E-state index contributed by atoms with van der Waals surface area (Å²) < 4.78 is 0. The predicted molar refractivity (Wildman–Crippen MR) is 72.5 cm³/mol. The zero-order valence-electron chi connectivity index (χ0n) is 10.5. The van der Waals surface area contributed by atoms with Crippen molar-refractivity contribution in [3.63, 3.8) is 0 Å². The maximum absolute atomic E-state index is 11.6. The second-order valence-corrected chi connectivity index (χ2v) is 6.52. The third-order valence-corrected chi connectivity index (χ3v) is 4.24. The summed E-state index contributed by atoms with van der Waals surface area (Å²) >= 11 is 1.81. The molecule has 1 N–H and O–H groups in total. The molecule has 1 fully saturated rings. The van der Waals surface area contributed by atoms with Crippen molar-refractivity contribution >= 4 is 11.8 Å². The zero-order chi connectivity index (χ0) is 12.3. The zero-order valence-corrected chi connectivity index (χ0v) is 11.3. The van der Waals surface area contributed by atoms with Crippen LogP contribution >= 0.6 is 11.8 Å². The van der Waals surface area contributed by atoms with Gasteiger partial charge in [-0.15, -0.1) is 0 Å². The Kier molecular flexibility index (Phi) is 4.26. The van der Waals surface area contributed by atoms with E-state index >= 15 is 0 Å². The molecule has 3 nitrogen and oxygen atoms in total. The molecule has 0 atom stereocenters. The van der Waals surface area contributed by atoms with Crippen LogP contribution in [0.2, 0.25) is 0 Å². The number of thioether (sulfide) groups is 1. The van der Waals surface area contributed by atoms with Gasteiger partial charge in [0.25, 0.3) is 5.56 Å². The van der Waals surface area contributed by atoms with Gasteiger partial charge in [0.2, 0.25) is 0 Å². The van der Waals surface area contributed by atoms with E-state index in [1.165, 1.54) is 25.7 Å². The monoisotopic (exact) mass is 252 g/mol. The Morgan fingerprint density at radius 1 is 1.47 bits per heavy atom. The van der Waals surface area contributed by atoms with Crippen LogP contribution in [0.1, 0.15) is 57.0 Å². The van der Waals surface area contributed by atoms with E-state index in [9.17, 15) is 4.79 Å². The third kappa shape index (κ3) is 3.60. The first-order valence-electron chi connectivity index (χ1n) is 6.37. The number of aromatic nitrogens is 2. The molecule has 0 unspecified atom stereocenters. The van der Waals surface area contributed by atoms with Crippen molar-refractivity contribution in [2.75, 3.05) is 0 Å². The summed E-state index contributed by atoms with van der Waals surface area (Å²) in [5.74, 6) is 2.14. The first kappa shape index (κ1) is 12.7. The van der Waals surface area contributed by atoms with Gasteiger partial charge in [0.15, 0.2) is 0 Å². The Morgan fingerprint density at radius 2 is 2.18 bits per heavy atom. The van der Waals surface area contributed by atoms with Crippen LogP contribution in [0.15, 0.2) is 10.9 Å². The molecule has 0 spiro atoms. The molecule has 1 aromatic heterocycles. The van der Waals surface area contributed by atoms with Crippen LogP contribution in [0.5, 0.6) is 0 Å². The van der Waals surface area contributed by atoms with E-state index in [0.717, 1.165) is 17.3 Å². The van der Waals surface area contributed by atoms with Crippen LogP contribution in [-0.2, 0) is 5.75 Å². The smallest absolute Gasteiger partial charge is 0.251 e. The molecular weight excluding hydrogens is 232 g/mol. The van der Waals surface area contributed by atoms with Crippen LogP contribution in [0.4, 0.5) is 0 Å². The van der Waals surface area contributed by atoms with Crippen molar-refractivity contribution in [1.82, 2.24) is 9.97 Å². The lowest BCUT2D eigenvalue weighted by atomic mass is 10.0. The second kappa shape index (κ2) is 5.71. The highest BCUT2D eigenvalue weighted by molar-refractivity contribution is 7.99. The van der Waals surface area contributed by atoms with Crippen LogP contribution in [0.25, 0.3) is 0 Å². The topological polar surface area (TPSA) is 45.8 Å². The van der Waals surface area contributed by atoms with Gasteiger partial charge in [0, 0.05) is 12.0 Å². The SMILES string of the molecule is CC(C)SCc1nc(C2CCCC2)cc(=O)[nH]1. The summed E-state index contributed by atoms with van der Waals surface area (Å²) in [7, 11) is 0. The molecule has 0 amide bonds. The van der Waals surface area contributed by atoms with Crippen molar-refractivity contribution < 1.29 is 0 Å². The van der Waals surface area contributed by atoms with Crippen LogP contribution in [0.3, 0.4) is 0 Å². The standard InChI is InChI=1S/C13H20N2OS/c1-9(2)17-8-12-14-11(7-13(16)15-12)10-5-3-4-6-10/h7,9-10H,3-6,8H2,1-2H3,(H,14,15,16). The molecular formula is C13H20N2OS. The van der Waals surface area contributed by atoms with Crippen molar-refractivity contribution in [2.24, 2.45) is 0 Å². The molecule has 1 aromatic rings. The molecule has 1 aliphatic rings. The lowest BCUT2D eigenvalue weighted by molar-refractivity contribution is 0.685. The summed E-state index contributed by atoms with van der Waals surface area (Å²) in [4.78, 5) is 19.1. The predicted octanol–water partition coefficient (Wildman–Crippen LogP) is 3.07. The molecule has 4 heteroatoms. The first-order chi connectivity index (χ1) is 8.15. The largest absolute Gasteiger partial charge is 0.310 e. The summed E-state index contributed by atoms with van der Waals surface area (Å²) in [6.45, 7) is 4.31. The molecule has 0 saturated heterocycles. The number of nitrogens with zero attached hydrogens (tertiary/aromatic N) is 1. The Bertz CT molecular complexity index is 422. The third-order valence-electron chi connectivity index (χ3n) is 3.14. The van der Waals surface area contributed by atoms with Crippen LogP contribution < -0.4 is 5.56 Å². The summed E-state index contributed by atoms with van der Waals surface area (Å²) in [6, 6.07) is 1.68. The average Bonchev–Trinajstić information content (AvgIpc) is 2.79. The Morgan fingerprint density at radius 3 is 2.82 bits per heavy atom. The molecule has 0 aliphatic heterocycles. The van der Waals surface area contributed by atoms with Gasteiger partial charge in [-0.1, -0.05) is 26.7 Å². The van der Waals surface area contributed by atoms with Crippen molar-refractivity contribution in [3.05, 3.63) is 27.9 Å². The van der Waals surface area contributed by atoms with Crippen LogP contribution in [-0.4, -0.2) is 15.2 Å². The highest BCUT2D eigenvalue weighted by Gasteiger charge is 2.19. The minimum absolute atomic E-state index is 0.00116. The maximum Gasteiger partial charge on any atom is 0.251 e. The fraction of sp³-hybridized carbons (Fsp3) is 0.692. The Labute approximate surface area is 106 Å². The molecule has 1 heterocycles. The number of H-pyrrole nitrogens is 1. The van der Waals surface area contributed by atoms with E-state index in [2.05, 4.69) is 23.8 Å². The van der Waals surface area contributed by atoms with E-state index in [0.29, 0.717) is 11.2 Å². The summed E-state index contributed by atoms with van der Waals surface area (Å²) in [6.07, 6.45) is 4.92. The molecule has 0 radical (unpaired) electrons. The van der Waals surface area contributed by atoms with Crippen molar-refractivity contribution in [3.8, 4) is 0 Å². The van der Waals surface area contributed by atoms with Gasteiger partial charge in [-0.05, 0) is 18.1 Å². The minimum atomic E-state index is 0.00116. The molecule has 17 heavy (non-hydrogen) atoms. The van der Waals surface area contributed by atoms with Gasteiger partial charge in [0.05, 0.1) is 11.4 Å². The average molecular weight is 252 g/mol. The normalized spacial score (nSPS) is 16.9. The molecule has 0 aromatic carbocycles. The lowest BCUT2D eigenvalue weighted by Gasteiger charge is -2.10.